The second-order valence-corrected chi connectivity index (χ2v) is 6.36. The van der Waals surface area contributed by atoms with Gasteiger partial charge in [-0.3, -0.25) is 0 Å². The van der Waals surface area contributed by atoms with E-state index in [1.54, 1.807) is 11.0 Å². The maximum absolute atomic E-state index is 11.1. The van der Waals surface area contributed by atoms with E-state index in [-0.39, 0.29) is 47.5 Å². The third-order valence-corrected chi connectivity index (χ3v) is 4.11. The van der Waals surface area contributed by atoms with Crippen molar-refractivity contribution in [1.82, 2.24) is 0 Å². The first kappa shape index (κ1) is 21.9. The van der Waals surface area contributed by atoms with E-state index >= 15 is 0 Å². The molecule has 120 valence electrons. The van der Waals surface area contributed by atoms with Gasteiger partial charge in [0.05, 0.1) is 17.1 Å². The van der Waals surface area contributed by atoms with Gasteiger partial charge in [0.15, 0.2) is 0 Å². The first-order chi connectivity index (χ1) is 9.77. The third-order valence-electron chi connectivity index (χ3n) is 3.28. The van der Waals surface area contributed by atoms with Gasteiger partial charge in [0.1, 0.15) is 10.1 Å². The molecule has 8 heteroatoms. The van der Waals surface area contributed by atoms with Crippen LogP contribution in [0.5, 0.6) is 0 Å². The van der Waals surface area contributed by atoms with Crippen molar-refractivity contribution in [2.24, 2.45) is 0 Å². The minimum Gasteiger partial charge on any atom is -0.744 e. The van der Waals surface area contributed by atoms with Crippen LogP contribution in [-0.4, -0.2) is 48.5 Å². The molecule has 0 spiro atoms. The largest absolute Gasteiger partial charge is 1.00 e. The Bertz CT molecular complexity index is 540. The Morgan fingerprint density at radius 1 is 1.14 bits per heavy atom. The minimum atomic E-state index is -4.53. The molecule has 22 heavy (non-hydrogen) atoms. The molecule has 0 aliphatic rings. The molecule has 0 saturated heterocycles. The number of hydrogen-bond acceptors (Lipinski definition) is 6. The smallest absolute Gasteiger partial charge is 0.744 e. The SMILES string of the molecule is CCC(O)CN(CC(O)CC)c1cccc(S(=O)(=O)[O-])c1.[Na+]. The van der Waals surface area contributed by atoms with Gasteiger partial charge in [-0.2, -0.15) is 0 Å². The molecule has 0 heterocycles. The van der Waals surface area contributed by atoms with Crippen LogP contribution in [-0.2, 0) is 10.1 Å². The molecule has 6 nitrogen and oxygen atoms in total. The van der Waals surface area contributed by atoms with Gasteiger partial charge in [0, 0.05) is 18.8 Å². The number of nitrogens with zero attached hydrogens (tertiary/aromatic N) is 1. The van der Waals surface area contributed by atoms with Crippen LogP contribution in [0.2, 0.25) is 0 Å². The summed E-state index contributed by atoms with van der Waals surface area (Å²) < 4.78 is 33.3. The van der Waals surface area contributed by atoms with Gasteiger partial charge in [0.25, 0.3) is 0 Å². The molecular weight excluding hydrogens is 317 g/mol. The molecule has 0 aliphatic heterocycles. The number of hydrogen-bond donors (Lipinski definition) is 2. The molecule has 0 fully saturated rings. The van der Waals surface area contributed by atoms with E-state index in [0.29, 0.717) is 18.5 Å². The van der Waals surface area contributed by atoms with E-state index in [1.807, 2.05) is 13.8 Å². The summed E-state index contributed by atoms with van der Waals surface area (Å²) in [6.07, 6.45) is -0.112. The van der Waals surface area contributed by atoms with Crippen LogP contribution in [0, 0.1) is 0 Å². The number of aliphatic hydroxyl groups excluding tert-OH is 2. The van der Waals surface area contributed by atoms with Crippen molar-refractivity contribution in [1.29, 1.82) is 0 Å². The van der Waals surface area contributed by atoms with Gasteiger partial charge in [-0.1, -0.05) is 19.9 Å². The summed E-state index contributed by atoms with van der Waals surface area (Å²) in [6.45, 7) is 4.18. The van der Waals surface area contributed by atoms with Gasteiger partial charge < -0.3 is 19.7 Å². The maximum Gasteiger partial charge on any atom is 1.00 e. The monoisotopic (exact) mass is 339 g/mol. The standard InChI is InChI=1S/C14H23NO5S.Na/c1-3-12(16)9-15(10-13(17)4-2)11-6-5-7-14(8-11)21(18,19)20;/h5-8,12-13,16-17H,3-4,9-10H2,1-2H3,(H,18,19,20);/q;+1/p-1. The molecule has 1 aromatic rings. The Balaban J connectivity index is 0.00000441. The van der Waals surface area contributed by atoms with Crippen molar-refractivity contribution < 1.29 is 52.7 Å². The summed E-state index contributed by atoms with van der Waals surface area (Å²) in [4.78, 5) is 1.37. The average molecular weight is 339 g/mol. The fourth-order valence-electron chi connectivity index (χ4n) is 1.89. The van der Waals surface area contributed by atoms with Crippen molar-refractivity contribution in [2.75, 3.05) is 18.0 Å². The van der Waals surface area contributed by atoms with E-state index in [2.05, 4.69) is 0 Å². The molecule has 1 rings (SSSR count). The van der Waals surface area contributed by atoms with Crippen molar-refractivity contribution in [2.45, 2.75) is 43.8 Å². The molecular formula is C14H22NNaO5S. The predicted octanol–water partition coefficient (Wildman–Crippen LogP) is -2.06. The maximum atomic E-state index is 11.1. The Kier molecular flexibility index (Phi) is 9.80. The molecule has 0 amide bonds. The Morgan fingerprint density at radius 3 is 2.05 bits per heavy atom. The molecule has 0 aliphatic carbocycles. The quantitative estimate of drug-likeness (QED) is 0.417. The first-order valence-electron chi connectivity index (χ1n) is 6.95. The summed E-state index contributed by atoms with van der Waals surface area (Å²) in [5.41, 5.74) is 0.493. The number of benzene rings is 1. The predicted molar refractivity (Wildman–Crippen MR) is 79.2 cm³/mol. The van der Waals surface area contributed by atoms with Gasteiger partial charge >= 0.3 is 29.6 Å². The van der Waals surface area contributed by atoms with Crippen LogP contribution in [0.3, 0.4) is 0 Å². The van der Waals surface area contributed by atoms with Crippen LogP contribution in [0.1, 0.15) is 26.7 Å². The molecule has 1 aromatic carbocycles. The summed E-state index contributed by atoms with van der Waals surface area (Å²) in [7, 11) is -4.53. The van der Waals surface area contributed by atoms with E-state index in [4.69, 9.17) is 0 Å². The van der Waals surface area contributed by atoms with Gasteiger partial charge in [-0.25, -0.2) is 8.42 Å². The van der Waals surface area contributed by atoms with Crippen LogP contribution in [0.25, 0.3) is 0 Å². The number of rotatable bonds is 8. The Labute approximate surface area is 154 Å². The zero-order valence-electron chi connectivity index (χ0n) is 13.3. The van der Waals surface area contributed by atoms with E-state index < -0.39 is 22.3 Å². The van der Waals surface area contributed by atoms with Crippen molar-refractivity contribution >= 4 is 15.8 Å². The molecule has 0 aromatic heterocycles. The zero-order chi connectivity index (χ0) is 16.0. The molecule has 0 radical (unpaired) electrons. The summed E-state index contributed by atoms with van der Waals surface area (Å²) in [6, 6.07) is 5.63. The molecule has 2 unspecified atom stereocenters. The van der Waals surface area contributed by atoms with Crippen LogP contribution in [0.15, 0.2) is 29.2 Å². The fourth-order valence-corrected chi connectivity index (χ4v) is 2.40. The summed E-state index contributed by atoms with van der Waals surface area (Å²) >= 11 is 0. The topological polar surface area (TPSA) is 101 Å². The Morgan fingerprint density at radius 2 is 1.64 bits per heavy atom. The van der Waals surface area contributed by atoms with Gasteiger partial charge in [0.2, 0.25) is 0 Å². The van der Waals surface area contributed by atoms with Crippen molar-refractivity contribution in [3.63, 3.8) is 0 Å². The van der Waals surface area contributed by atoms with Gasteiger partial charge in [-0.15, -0.1) is 0 Å². The van der Waals surface area contributed by atoms with E-state index in [0.717, 1.165) is 0 Å². The zero-order valence-corrected chi connectivity index (χ0v) is 16.1. The van der Waals surface area contributed by atoms with Crippen LogP contribution >= 0.6 is 0 Å². The first-order valence-corrected chi connectivity index (χ1v) is 8.35. The van der Waals surface area contributed by atoms with Crippen molar-refractivity contribution in [3.05, 3.63) is 24.3 Å². The molecule has 2 atom stereocenters. The second-order valence-electron chi connectivity index (χ2n) is 4.98. The molecule has 0 bridgehead atoms. The van der Waals surface area contributed by atoms with E-state index in [9.17, 15) is 23.2 Å². The fraction of sp³-hybridized carbons (Fsp3) is 0.571. The normalized spacial score (nSPS) is 14.0. The second kappa shape index (κ2) is 9.87. The van der Waals surface area contributed by atoms with Crippen LogP contribution in [0.4, 0.5) is 5.69 Å². The van der Waals surface area contributed by atoms with Crippen LogP contribution < -0.4 is 34.5 Å². The van der Waals surface area contributed by atoms with E-state index in [1.165, 1.54) is 18.2 Å². The molecule has 2 N–H and O–H groups in total. The number of anilines is 1. The summed E-state index contributed by atoms with van der Waals surface area (Å²) in [5, 5.41) is 19.6. The van der Waals surface area contributed by atoms with Crippen molar-refractivity contribution in [3.8, 4) is 0 Å². The summed E-state index contributed by atoms with van der Waals surface area (Å²) in [5.74, 6) is 0. The van der Waals surface area contributed by atoms with Gasteiger partial charge in [-0.05, 0) is 31.0 Å². The number of aliphatic hydroxyl groups is 2. The molecule has 0 saturated carbocycles. The third kappa shape index (κ3) is 6.95. The average Bonchev–Trinajstić information content (AvgIpc) is 2.45. The minimum absolute atomic E-state index is 0. The Hall–Kier alpha value is -0.150.